The van der Waals surface area contributed by atoms with E-state index in [2.05, 4.69) is 15.1 Å². The van der Waals surface area contributed by atoms with E-state index in [-0.39, 0.29) is 42.1 Å². The van der Waals surface area contributed by atoms with Crippen LogP contribution in [0.5, 0.6) is 5.75 Å². The van der Waals surface area contributed by atoms with Crippen molar-refractivity contribution in [2.45, 2.75) is 52.7 Å². The third-order valence-corrected chi connectivity index (χ3v) is 5.96. The van der Waals surface area contributed by atoms with Crippen LogP contribution >= 0.6 is 12.4 Å². The van der Waals surface area contributed by atoms with Gasteiger partial charge in [-0.3, -0.25) is 19.4 Å². The fourth-order valence-electron chi connectivity index (χ4n) is 4.28. The van der Waals surface area contributed by atoms with Crippen LogP contribution in [0.4, 0.5) is 10.1 Å². The number of ether oxygens (including phenoxy) is 1. The Hall–Kier alpha value is -1.90. The summed E-state index contributed by atoms with van der Waals surface area (Å²) in [5.74, 6) is 0.112. The van der Waals surface area contributed by atoms with E-state index in [1.807, 2.05) is 27.7 Å². The number of piperazine rings is 1. The average Bonchev–Trinajstić information content (AvgIpc) is 3.01. The Kier molecular flexibility index (Phi) is 10.4. The van der Waals surface area contributed by atoms with Crippen LogP contribution < -0.4 is 15.0 Å². The van der Waals surface area contributed by atoms with Gasteiger partial charge in [-0.1, -0.05) is 13.8 Å². The molecule has 2 heterocycles. The molecule has 7 nitrogen and oxygen atoms in total. The number of likely N-dealkylation sites (tertiary alicyclic amines) is 1. The van der Waals surface area contributed by atoms with E-state index in [0.29, 0.717) is 31.3 Å². The summed E-state index contributed by atoms with van der Waals surface area (Å²) < 4.78 is 19.7. The molecular weight excluding hydrogens is 447 g/mol. The maximum atomic E-state index is 13.9. The molecule has 186 valence electrons. The van der Waals surface area contributed by atoms with E-state index in [0.717, 1.165) is 44.8 Å². The van der Waals surface area contributed by atoms with Crippen LogP contribution in [0.3, 0.4) is 0 Å². The number of benzene rings is 1. The van der Waals surface area contributed by atoms with E-state index < -0.39 is 0 Å². The normalized spacial score (nSPS) is 19.5. The molecule has 2 aliphatic rings. The van der Waals surface area contributed by atoms with Gasteiger partial charge in [0.25, 0.3) is 0 Å². The van der Waals surface area contributed by atoms with Crippen LogP contribution in [0.25, 0.3) is 0 Å². The van der Waals surface area contributed by atoms with Crippen LogP contribution in [0.1, 0.15) is 40.5 Å². The molecule has 1 unspecified atom stereocenters. The number of nitrogens with zero attached hydrogens (tertiary/aromatic N) is 3. The van der Waals surface area contributed by atoms with Crippen molar-refractivity contribution >= 4 is 29.9 Å². The Balaban J connectivity index is 0.00000385. The molecule has 1 atom stereocenters. The minimum atomic E-state index is -0.264. The fourth-order valence-corrected chi connectivity index (χ4v) is 4.28. The lowest BCUT2D eigenvalue weighted by atomic mass is 10.1. The summed E-state index contributed by atoms with van der Waals surface area (Å²) in [6.07, 6.45) is 1.10. The monoisotopic (exact) mass is 484 g/mol. The van der Waals surface area contributed by atoms with Crippen LogP contribution in [0.15, 0.2) is 18.2 Å². The molecule has 1 aromatic carbocycles. The molecular formula is C24H38ClFN4O3. The van der Waals surface area contributed by atoms with Gasteiger partial charge in [0, 0.05) is 57.8 Å². The lowest BCUT2D eigenvalue weighted by molar-refractivity contribution is -0.139. The van der Waals surface area contributed by atoms with E-state index in [9.17, 15) is 14.0 Å². The van der Waals surface area contributed by atoms with Gasteiger partial charge in [-0.25, -0.2) is 4.39 Å². The van der Waals surface area contributed by atoms with Crippen molar-refractivity contribution < 1.29 is 18.7 Å². The maximum absolute atomic E-state index is 13.9. The molecule has 2 aliphatic heterocycles. The van der Waals surface area contributed by atoms with E-state index in [1.165, 1.54) is 11.0 Å². The van der Waals surface area contributed by atoms with Crippen molar-refractivity contribution in [2.75, 3.05) is 50.7 Å². The topological polar surface area (TPSA) is 65.1 Å². The molecule has 0 bridgehead atoms. The first-order chi connectivity index (χ1) is 15.2. The molecule has 0 radical (unpaired) electrons. The quantitative estimate of drug-likeness (QED) is 0.515. The molecule has 33 heavy (non-hydrogen) atoms. The number of hydrogen-bond donors (Lipinski definition) is 1. The number of amides is 2. The smallest absolute Gasteiger partial charge is 0.234 e. The molecule has 2 amide bonds. The van der Waals surface area contributed by atoms with Gasteiger partial charge in [0.1, 0.15) is 11.6 Å². The van der Waals surface area contributed by atoms with Gasteiger partial charge >= 0.3 is 0 Å². The first kappa shape index (κ1) is 27.3. The number of carbonyl (C=O) groups is 2. The van der Waals surface area contributed by atoms with Crippen molar-refractivity contribution in [1.82, 2.24) is 15.1 Å². The molecule has 0 aliphatic carbocycles. The van der Waals surface area contributed by atoms with Gasteiger partial charge < -0.3 is 15.0 Å². The van der Waals surface area contributed by atoms with Crippen molar-refractivity contribution in [2.24, 2.45) is 5.92 Å². The molecule has 2 fully saturated rings. The number of imide groups is 1. The first-order valence-corrected chi connectivity index (χ1v) is 11.8. The summed E-state index contributed by atoms with van der Waals surface area (Å²) in [4.78, 5) is 30.8. The predicted molar refractivity (Wildman–Crippen MR) is 131 cm³/mol. The minimum absolute atomic E-state index is 0. The molecule has 0 spiro atoms. The molecule has 0 saturated carbocycles. The van der Waals surface area contributed by atoms with Crippen LogP contribution in [-0.4, -0.2) is 79.6 Å². The second kappa shape index (κ2) is 12.5. The molecule has 1 N–H and O–H groups in total. The third kappa shape index (κ3) is 7.55. The van der Waals surface area contributed by atoms with Crippen molar-refractivity contribution in [3.8, 4) is 5.75 Å². The zero-order chi connectivity index (χ0) is 23.3. The molecule has 2 saturated heterocycles. The summed E-state index contributed by atoms with van der Waals surface area (Å²) in [7, 11) is 0. The van der Waals surface area contributed by atoms with Gasteiger partial charge in [-0.2, -0.15) is 0 Å². The predicted octanol–water partition coefficient (Wildman–Crippen LogP) is 2.92. The van der Waals surface area contributed by atoms with E-state index >= 15 is 0 Å². The Morgan fingerprint density at radius 2 is 1.79 bits per heavy atom. The van der Waals surface area contributed by atoms with E-state index in [1.54, 1.807) is 12.1 Å². The first-order valence-electron chi connectivity index (χ1n) is 11.8. The minimum Gasteiger partial charge on any atom is -0.489 e. The highest BCUT2D eigenvalue weighted by atomic mass is 35.5. The Labute approximate surface area is 203 Å². The summed E-state index contributed by atoms with van der Waals surface area (Å²) in [5.41, 5.74) is 0.799. The zero-order valence-corrected chi connectivity index (χ0v) is 21.0. The highest BCUT2D eigenvalue weighted by Gasteiger charge is 2.37. The number of rotatable bonds is 10. The second-order valence-corrected chi connectivity index (χ2v) is 9.31. The summed E-state index contributed by atoms with van der Waals surface area (Å²) in [5, 5.41) is 3.26. The van der Waals surface area contributed by atoms with Gasteiger partial charge in [0.2, 0.25) is 11.8 Å². The van der Waals surface area contributed by atoms with Crippen molar-refractivity contribution in [3.05, 3.63) is 24.0 Å². The highest BCUT2D eigenvalue weighted by molar-refractivity contribution is 6.03. The summed E-state index contributed by atoms with van der Waals surface area (Å²) >= 11 is 0. The van der Waals surface area contributed by atoms with Crippen LogP contribution in [-0.2, 0) is 9.59 Å². The van der Waals surface area contributed by atoms with Crippen molar-refractivity contribution in [1.29, 1.82) is 0 Å². The largest absolute Gasteiger partial charge is 0.489 e. The third-order valence-electron chi connectivity index (χ3n) is 5.96. The SMILES string of the molecule is CC(C)NCC1CC(=O)N(CCCN2CCN(c3cc(F)ccc3OC(C)C)CC2)C1=O.Cl. The second-order valence-electron chi connectivity index (χ2n) is 9.31. The molecule has 1 aromatic rings. The standard InChI is InChI=1S/C24H37FN4O3.ClH/c1-17(2)26-16-19-14-23(30)29(24(19)31)9-5-8-27-10-12-28(13-11-27)21-15-20(25)6-7-22(21)32-18(3)4;/h6-7,15,17-19,26H,5,8-14,16H2,1-4H3;1H. The number of anilines is 1. The van der Waals surface area contributed by atoms with Gasteiger partial charge in [0.05, 0.1) is 17.7 Å². The number of hydrogen-bond acceptors (Lipinski definition) is 6. The summed E-state index contributed by atoms with van der Waals surface area (Å²) in [6.45, 7) is 13.1. The van der Waals surface area contributed by atoms with E-state index in [4.69, 9.17) is 4.74 Å². The Morgan fingerprint density at radius 1 is 1.09 bits per heavy atom. The average molecular weight is 485 g/mol. The van der Waals surface area contributed by atoms with Crippen LogP contribution in [0, 0.1) is 11.7 Å². The fraction of sp³-hybridized carbons (Fsp3) is 0.667. The lowest BCUT2D eigenvalue weighted by Crippen LogP contribution is -2.47. The summed E-state index contributed by atoms with van der Waals surface area (Å²) in [6, 6.07) is 4.97. The Bertz CT molecular complexity index is 800. The van der Waals surface area contributed by atoms with Crippen LogP contribution in [0.2, 0.25) is 0 Å². The number of nitrogens with one attached hydrogen (secondary N) is 1. The number of halogens is 2. The Morgan fingerprint density at radius 3 is 2.42 bits per heavy atom. The number of carbonyl (C=O) groups excluding carboxylic acids is 2. The van der Waals surface area contributed by atoms with Gasteiger partial charge in [0.15, 0.2) is 0 Å². The van der Waals surface area contributed by atoms with Gasteiger partial charge in [-0.15, -0.1) is 12.4 Å². The zero-order valence-electron chi connectivity index (χ0n) is 20.2. The van der Waals surface area contributed by atoms with Crippen molar-refractivity contribution in [3.63, 3.8) is 0 Å². The molecule has 3 rings (SSSR count). The van der Waals surface area contributed by atoms with Gasteiger partial charge in [-0.05, 0) is 38.9 Å². The lowest BCUT2D eigenvalue weighted by Gasteiger charge is -2.37. The maximum Gasteiger partial charge on any atom is 0.234 e. The molecule has 0 aromatic heterocycles. The highest BCUT2D eigenvalue weighted by Crippen LogP contribution is 2.31. The molecule has 9 heteroatoms.